The molecule has 11 N–H and O–H groups in total. The number of primary amides is 2. The van der Waals surface area contributed by atoms with Crippen LogP contribution < -0.4 is 39.1 Å². The molecule has 20 nitrogen and oxygen atoms in total. The fourth-order valence-electron chi connectivity index (χ4n) is 9.64. The number of nitrogens with two attached hydrogens (primary N) is 4. The number of benzene rings is 4. The number of halogens is 2. The van der Waals surface area contributed by atoms with Crippen LogP contribution in [-0.2, 0) is 4.74 Å². The van der Waals surface area contributed by atoms with Crippen LogP contribution in [0.15, 0.2) is 134 Å². The lowest BCUT2D eigenvalue weighted by Gasteiger charge is -2.36. The Balaban J connectivity index is 0.000000198. The van der Waals surface area contributed by atoms with Crippen molar-refractivity contribution in [2.45, 2.75) is 77.0 Å². The fraction of sp³-hybridized carbons (Fsp3) is 0.237. The number of nitrogens with zero attached hydrogens (tertiary/aromatic N) is 7. The SMILES string of the molecule is CC(C)(C)OC(=O)N1CCCC[C@H]1c1nc(-c2ccc(C(=O)Nc3cc(-c4ccc(Cl)cc4)ccn3)cc2)c(C(N)=O)n1N.NC(=O)c1c(-c2ccc(C(=O)Nc3cc(-c4ccc(Cl)cc4)ccn3)cc2)nc([C@@H]2CCCCN2)n1N. The summed E-state index contributed by atoms with van der Waals surface area (Å²) in [4.78, 5) is 83.2. The zero-order valence-corrected chi connectivity index (χ0v) is 46.2. The van der Waals surface area contributed by atoms with Crippen LogP contribution in [0.3, 0.4) is 0 Å². The van der Waals surface area contributed by atoms with E-state index in [0.717, 1.165) is 65.6 Å². The van der Waals surface area contributed by atoms with Crippen LogP contribution >= 0.6 is 23.2 Å². The Labute approximate surface area is 477 Å². The summed E-state index contributed by atoms with van der Waals surface area (Å²) in [5.41, 5.74) is 17.1. The van der Waals surface area contributed by atoms with Crippen molar-refractivity contribution in [3.8, 4) is 44.8 Å². The molecule has 416 valence electrons. The minimum atomic E-state index is -0.769. The first kappa shape index (κ1) is 56.6. The number of imidazole rings is 2. The first-order chi connectivity index (χ1) is 38.8. The van der Waals surface area contributed by atoms with E-state index in [1.54, 1.807) is 111 Å². The van der Waals surface area contributed by atoms with Crippen LogP contribution in [0.5, 0.6) is 0 Å². The van der Waals surface area contributed by atoms with Crippen molar-refractivity contribution in [3.05, 3.63) is 178 Å². The third-order valence-corrected chi connectivity index (χ3v) is 14.1. The molecule has 2 aliphatic heterocycles. The number of carbonyl (C=O) groups excluding carboxylic acids is 5. The van der Waals surface area contributed by atoms with E-state index >= 15 is 0 Å². The second-order valence-electron chi connectivity index (χ2n) is 20.4. The molecule has 5 amide bonds. The van der Waals surface area contributed by atoms with Crippen LogP contribution in [0, 0.1) is 0 Å². The van der Waals surface area contributed by atoms with Gasteiger partial charge in [0.2, 0.25) is 0 Å². The summed E-state index contributed by atoms with van der Waals surface area (Å²) >= 11 is 12.0. The summed E-state index contributed by atoms with van der Waals surface area (Å²) in [6, 6.07) is 34.8. The van der Waals surface area contributed by atoms with Gasteiger partial charge in [0.05, 0.1) is 12.1 Å². The van der Waals surface area contributed by atoms with Gasteiger partial charge in [-0.15, -0.1) is 0 Å². The van der Waals surface area contributed by atoms with Gasteiger partial charge < -0.3 is 43.8 Å². The molecular formula is C59H60Cl2N14O6. The number of rotatable bonds is 12. The number of nitrogen functional groups attached to an aromatic ring is 2. The van der Waals surface area contributed by atoms with Gasteiger partial charge >= 0.3 is 6.09 Å². The normalized spacial score (nSPS) is 15.2. The zero-order chi connectivity index (χ0) is 57.5. The van der Waals surface area contributed by atoms with Gasteiger partial charge in [0.1, 0.15) is 34.4 Å². The number of nitrogens with one attached hydrogen (secondary N) is 3. The van der Waals surface area contributed by atoms with E-state index < -0.39 is 29.6 Å². The van der Waals surface area contributed by atoms with Crippen LogP contribution in [0.25, 0.3) is 44.8 Å². The van der Waals surface area contributed by atoms with Crippen molar-refractivity contribution in [2.75, 3.05) is 35.4 Å². The Bertz CT molecular complexity index is 3610. The van der Waals surface area contributed by atoms with Gasteiger partial charge in [-0.05, 0) is 154 Å². The lowest BCUT2D eigenvalue weighted by molar-refractivity contribution is 0.00818. The highest BCUT2D eigenvalue weighted by Gasteiger charge is 2.36. The van der Waals surface area contributed by atoms with E-state index in [2.05, 4.69) is 30.9 Å². The lowest BCUT2D eigenvalue weighted by Crippen LogP contribution is -2.43. The van der Waals surface area contributed by atoms with E-state index in [0.29, 0.717) is 74.2 Å². The summed E-state index contributed by atoms with van der Waals surface area (Å²) in [6.45, 7) is 6.73. The van der Waals surface area contributed by atoms with E-state index in [-0.39, 0.29) is 34.9 Å². The largest absolute Gasteiger partial charge is 0.444 e. The van der Waals surface area contributed by atoms with Crippen molar-refractivity contribution < 1.29 is 28.7 Å². The molecule has 22 heteroatoms. The predicted octanol–water partition coefficient (Wildman–Crippen LogP) is 9.94. The van der Waals surface area contributed by atoms with Crippen molar-refractivity contribution in [1.82, 2.24) is 39.5 Å². The highest BCUT2D eigenvalue weighted by atomic mass is 35.5. The third-order valence-electron chi connectivity index (χ3n) is 13.6. The molecule has 0 bridgehead atoms. The molecule has 8 aromatic rings. The number of piperidine rings is 2. The number of amides is 5. The number of hydrogen-bond acceptors (Lipinski definition) is 13. The molecule has 2 fully saturated rings. The van der Waals surface area contributed by atoms with Crippen molar-refractivity contribution in [1.29, 1.82) is 0 Å². The van der Waals surface area contributed by atoms with Gasteiger partial charge in [-0.1, -0.05) is 78.2 Å². The van der Waals surface area contributed by atoms with Gasteiger partial charge in [-0.25, -0.2) is 34.1 Å². The topological polar surface area (TPSA) is 299 Å². The van der Waals surface area contributed by atoms with Crippen molar-refractivity contribution in [3.63, 3.8) is 0 Å². The molecule has 0 saturated carbocycles. The van der Waals surface area contributed by atoms with Crippen LogP contribution in [-0.4, -0.2) is 82.6 Å². The molecular weight excluding hydrogens is 1070 g/mol. The number of pyridine rings is 2. The Morgan fingerprint density at radius 1 is 0.580 bits per heavy atom. The molecule has 2 saturated heterocycles. The molecule has 0 spiro atoms. The van der Waals surface area contributed by atoms with Gasteiger partial charge in [-0.3, -0.25) is 24.1 Å². The minimum Gasteiger partial charge on any atom is -0.444 e. The Kier molecular flexibility index (Phi) is 17.1. The van der Waals surface area contributed by atoms with E-state index in [4.69, 9.17) is 56.1 Å². The Morgan fingerprint density at radius 3 is 1.47 bits per heavy atom. The smallest absolute Gasteiger partial charge is 0.410 e. The van der Waals surface area contributed by atoms with Crippen molar-refractivity contribution >= 4 is 64.6 Å². The average molecular weight is 1130 g/mol. The summed E-state index contributed by atoms with van der Waals surface area (Å²) < 4.78 is 8.06. The van der Waals surface area contributed by atoms with Gasteiger partial charge in [0, 0.05) is 51.2 Å². The summed E-state index contributed by atoms with van der Waals surface area (Å²) in [6.07, 6.45) is 8.03. The van der Waals surface area contributed by atoms with Gasteiger partial charge in [0.15, 0.2) is 17.2 Å². The average Bonchev–Trinajstić information content (AvgIpc) is 4.15. The first-order valence-corrected chi connectivity index (χ1v) is 26.9. The molecule has 10 rings (SSSR count). The quantitative estimate of drug-likeness (QED) is 0.0561. The number of ether oxygens (including phenoxy) is 1. The number of likely N-dealkylation sites (tertiary alicyclic amines) is 1. The second kappa shape index (κ2) is 24.5. The molecule has 0 radical (unpaired) electrons. The molecule has 2 atom stereocenters. The third kappa shape index (κ3) is 13.3. The molecule has 6 heterocycles. The summed E-state index contributed by atoms with van der Waals surface area (Å²) in [5.74, 6) is 12.2. The number of hydrogen-bond donors (Lipinski definition) is 7. The molecule has 0 unspecified atom stereocenters. The van der Waals surface area contributed by atoms with Crippen molar-refractivity contribution in [2.24, 2.45) is 11.5 Å². The Morgan fingerprint density at radius 2 is 1.02 bits per heavy atom. The maximum Gasteiger partial charge on any atom is 0.410 e. The van der Waals surface area contributed by atoms with Crippen LogP contribution in [0.1, 0.15) is 125 Å². The zero-order valence-electron chi connectivity index (χ0n) is 44.7. The monoisotopic (exact) mass is 1130 g/mol. The van der Waals surface area contributed by atoms with E-state index in [9.17, 15) is 24.0 Å². The summed E-state index contributed by atoms with van der Waals surface area (Å²) in [7, 11) is 0. The fourth-order valence-corrected chi connectivity index (χ4v) is 9.90. The van der Waals surface area contributed by atoms with Gasteiger partial charge in [0.25, 0.3) is 23.6 Å². The van der Waals surface area contributed by atoms with Crippen LogP contribution in [0.4, 0.5) is 16.4 Å². The molecule has 4 aromatic carbocycles. The minimum absolute atomic E-state index is 0.00451. The summed E-state index contributed by atoms with van der Waals surface area (Å²) in [5, 5.41) is 10.3. The molecule has 0 aliphatic carbocycles. The highest BCUT2D eigenvalue weighted by molar-refractivity contribution is 6.31. The number of anilines is 2. The van der Waals surface area contributed by atoms with E-state index in [1.807, 2.05) is 48.5 Å². The number of carbonyl (C=O) groups is 5. The predicted molar refractivity (Wildman–Crippen MR) is 312 cm³/mol. The second-order valence-corrected chi connectivity index (χ2v) is 21.3. The Hall–Kier alpha value is -9.11. The lowest BCUT2D eigenvalue weighted by atomic mass is 10.0. The number of aromatic nitrogens is 6. The maximum absolute atomic E-state index is 13.1. The highest BCUT2D eigenvalue weighted by Crippen LogP contribution is 2.36. The maximum atomic E-state index is 13.1. The van der Waals surface area contributed by atoms with Gasteiger partial charge in [-0.2, -0.15) is 0 Å². The molecule has 2 aliphatic rings. The first-order valence-electron chi connectivity index (χ1n) is 26.2. The standard InChI is InChI=1S/C32H34ClN7O4.C27H26ClN7O2/c1-32(2,3)44-31(43)39-17-5-4-6-24(39)29-38-26(27(28(34)41)40(29)35)20-7-9-21(10-8-20)30(42)37-25-18-22(15-16-36-25)19-11-13-23(33)14-12-19;28-20-10-8-16(9-11-20)19-12-14-32-22(15-19)33-27(37)18-6-4-17(5-7-18)23-24(25(29)36)35(30)26(34-23)21-3-1-2-13-31-21/h7-16,18,24H,4-6,17,35H2,1-3H3,(H2,34,41)(H,36,37,42);4-12,14-15,21,31H,1-3,13,30H2,(H2,29,36)(H,32,33,37)/t24-;21-/m00/s1. The molecule has 4 aromatic heterocycles. The van der Waals surface area contributed by atoms with Crippen LogP contribution in [0.2, 0.25) is 10.0 Å². The molecule has 81 heavy (non-hydrogen) atoms. The van der Waals surface area contributed by atoms with E-state index in [1.165, 1.54) is 4.68 Å².